The first-order valence-electron chi connectivity index (χ1n) is 33.5. The third kappa shape index (κ3) is 6.71. The van der Waals surface area contributed by atoms with Crippen molar-refractivity contribution in [2.45, 2.75) is 26.2 Å². The SMILES string of the molecule is [2H]C([2H])([2H])[n+]1c2n(c3cc4ncccn4c31)Cc1cccnc1-2.[2H]C([2H])([2H])n1c2[n+](c3c1c1cccnc1n3-c1ccccc1)Cc1cccnc1-2.[2H]C([2H])([2H])n1c2[n+](c3oc4ncccc4c31)Cc1cccnc1-2.[2H]C([2H])([2H])n1c2[n+](c3sc4ncccc4c31)Cc1cccnc1-2. The highest BCUT2D eigenvalue weighted by Gasteiger charge is 2.40. The summed E-state index contributed by atoms with van der Waals surface area (Å²) in [6.45, 7) is -6.91. The molecule has 0 atom stereocenters. The Morgan fingerprint density at radius 1 is 0.500 bits per heavy atom. The summed E-state index contributed by atoms with van der Waals surface area (Å²) < 4.78 is 120. The van der Waals surface area contributed by atoms with E-state index in [0.29, 0.717) is 88.7 Å². The number of hydrogen-bond donors (Lipinski definition) is 0. The van der Waals surface area contributed by atoms with Crippen molar-refractivity contribution in [1.82, 2.24) is 67.1 Å². The molecule has 19 nitrogen and oxygen atoms in total. The highest BCUT2D eigenvalue weighted by Crippen LogP contribution is 2.39. The molecule has 86 heavy (non-hydrogen) atoms. The van der Waals surface area contributed by atoms with Crippen LogP contribution in [0.25, 0.3) is 134 Å². The monoisotopic (exact) mass is 1150 g/mol. The Hall–Kier alpha value is -11.1. The zero-order chi connectivity index (χ0) is 67.1. The fourth-order valence-electron chi connectivity index (χ4n) is 13.0. The van der Waals surface area contributed by atoms with Crippen LogP contribution in [-0.2, 0) is 54.1 Å². The van der Waals surface area contributed by atoms with Crippen molar-refractivity contribution in [2.75, 3.05) is 0 Å². The van der Waals surface area contributed by atoms with Gasteiger partial charge in [0.05, 0.1) is 79.8 Å². The van der Waals surface area contributed by atoms with Crippen LogP contribution >= 0.6 is 11.3 Å². The summed E-state index contributed by atoms with van der Waals surface area (Å²) in [5, 5.41) is 2.38. The molecule has 4 aliphatic heterocycles. The van der Waals surface area contributed by atoms with Crippen LogP contribution in [0.2, 0.25) is 0 Å². The lowest BCUT2D eigenvalue weighted by molar-refractivity contribution is -0.652. The molecule has 0 bridgehead atoms. The van der Waals surface area contributed by atoms with Gasteiger partial charge in [-0.1, -0.05) is 53.8 Å². The van der Waals surface area contributed by atoms with Gasteiger partial charge in [0, 0.05) is 77.9 Å². The Balaban J connectivity index is 0.0000000952. The van der Waals surface area contributed by atoms with Crippen molar-refractivity contribution in [2.24, 2.45) is 27.9 Å². The van der Waals surface area contributed by atoms with Gasteiger partial charge in [-0.05, 0) is 78.9 Å². The zero-order valence-corrected chi connectivity index (χ0v) is 45.8. The molecule has 0 spiro atoms. The fourth-order valence-corrected chi connectivity index (χ4v) is 14.1. The van der Waals surface area contributed by atoms with E-state index in [9.17, 15) is 0 Å². The van der Waals surface area contributed by atoms with Gasteiger partial charge in [0.25, 0.3) is 22.9 Å². The first-order valence-corrected chi connectivity index (χ1v) is 28.4. The summed E-state index contributed by atoms with van der Waals surface area (Å²) in [7, 11) is 0. The Morgan fingerprint density at radius 2 is 1.08 bits per heavy atom. The molecule has 0 N–H and O–H groups in total. The second-order valence-electron chi connectivity index (χ2n) is 21.2. The average molecular weight is 1160 g/mol. The van der Waals surface area contributed by atoms with Gasteiger partial charge in [-0.25, -0.2) is 76.2 Å². The van der Waals surface area contributed by atoms with Crippen molar-refractivity contribution in [1.29, 1.82) is 0 Å². The van der Waals surface area contributed by atoms with Crippen LogP contribution in [0, 0.1) is 0 Å². The molecule has 412 valence electrons. The maximum atomic E-state index is 8.30. The molecule has 21 rings (SSSR count). The molecule has 0 fully saturated rings. The van der Waals surface area contributed by atoms with Crippen LogP contribution in [0.15, 0.2) is 188 Å². The van der Waals surface area contributed by atoms with Gasteiger partial charge in [-0.3, -0.25) is 4.57 Å². The Kier molecular flexibility index (Phi) is 8.01. The number of rotatable bonds is 1. The van der Waals surface area contributed by atoms with Crippen molar-refractivity contribution >= 4 is 93.2 Å². The van der Waals surface area contributed by atoms with E-state index < -0.39 is 27.9 Å². The van der Waals surface area contributed by atoms with Gasteiger partial charge >= 0.3 is 17.4 Å². The normalized spacial score (nSPS) is 15.6. The second kappa shape index (κ2) is 18.2. The molecule has 0 aliphatic carbocycles. The fraction of sp³-hybridized carbons (Fsp3) is 0.121. The summed E-state index contributed by atoms with van der Waals surface area (Å²) in [4.78, 5) is 37.0. The number of fused-ring (bicyclic) bond motifs is 28. The Labute approximate surface area is 509 Å². The molecule has 4 aliphatic rings. The Bertz CT molecular complexity index is 5770. The van der Waals surface area contributed by atoms with E-state index in [1.54, 1.807) is 61.7 Å². The van der Waals surface area contributed by atoms with Crippen LogP contribution in [0.5, 0.6) is 0 Å². The van der Waals surface area contributed by atoms with Crippen LogP contribution < -0.4 is 18.3 Å². The molecule has 0 radical (unpaired) electrons. The molecule has 0 saturated heterocycles. The number of pyridine rings is 7. The summed E-state index contributed by atoms with van der Waals surface area (Å²) in [5.41, 5.74) is 14.6. The van der Waals surface area contributed by atoms with Crippen molar-refractivity contribution < 1.29 is 39.1 Å². The van der Waals surface area contributed by atoms with Crippen LogP contribution in [-0.4, -0.2) is 67.1 Å². The maximum absolute atomic E-state index is 8.30. The molecule has 20 heteroatoms. The number of hydrogen-bond acceptors (Lipinski definition) is 10. The van der Waals surface area contributed by atoms with Gasteiger partial charge in [0.1, 0.15) is 35.0 Å². The van der Waals surface area contributed by atoms with E-state index in [2.05, 4.69) is 39.9 Å². The molecule has 0 unspecified atom stereocenters. The number of para-hydroxylation sites is 1. The number of aromatic nitrogens is 18. The van der Waals surface area contributed by atoms with Gasteiger partial charge in [-0.2, -0.15) is 4.57 Å². The van der Waals surface area contributed by atoms with Crippen LogP contribution in [0.4, 0.5) is 0 Å². The van der Waals surface area contributed by atoms with E-state index in [1.807, 2.05) is 149 Å². The highest BCUT2D eigenvalue weighted by molar-refractivity contribution is 7.24. The topological polar surface area (TPSA) is 161 Å². The van der Waals surface area contributed by atoms with E-state index in [0.717, 1.165) is 93.4 Å². The number of aryl methyl sites for hydroxylation is 4. The van der Waals surface area contributed by atoms with Gasteiger partial charge < -0.3 is 4.42 Å². The standard InChI is InChI=1S/C21H16N5.C15H12N5.C15H11N4O.C15H11N4S/c1-24-18-16-10-6-12-23-19(16)26(15-8-3-2-4-9-15)21(18)25-13-14-7-5-11-22-17(14)20(24)25;1-18-14-11(8-12-16-6-3-7-19(12)14)20-9-10-4-2-5-17-13(10)15(18)20;2*1-18-12-10-5-3-7-17-13(10)20-15(12)19-8-9-4-2-6-16-11(9)14(18)19/h2-12H,13H2,1H3;2-8H,9H2,1H3;2*2-7H,8H2,1H3/q4*+1/i4*1D3. The minimum atomic E-state index is -2.36. The summed E-state index contributed by atoms with van der Waals surface area (Å²) in [6.07, 6.45) is 15.4. The number of furan rings is 1. The lowest BCUT2D eigenvalue weighted by Gasteiger charge is -2.02. The summed E-state index contributed by atoms with van der Waals surface area (Å²) in [6, 6.07) is 40.2. The number of thiophene rings is 1. The highest BCUT2D eigenvalue weighted by atomic mass is 32.1. The predicted molar refractivity (Wildman–Crippen MR) is 326 cm³/mol. The van der Waals surface area contributed by atoms with Crippen molar-refractivity contribution in [3.05, 3.63) is 205 Å². The van der Waals surface area contributed by atoms with Gasteiger partial charge in [-0.15, -0.1) is 0 Å². The first-order chi connectivity index (χ1) is 47.2. The summed E-state index contributed by atoms with van der Waals surface area (Å²) >= 11 is 1.53. The van der Waals surface area contributed by atoms with E-state index in [-0.39, 0.29) is 0 Å². The molecule has 20 heterocycles. The predicted octanol–water partition coefficient (Wildman–Crippen LogP) is 9.30. The number of imidazole rings is 4. The Morgan fingerprint density at radius 3 is 1.81 bits per heavy atom. The van der Waals surface area contributed by atoms with E-state index >= 15 is 0 Å². The third-order valence-electron chi connectivity index (χ3n) is 16.5. The second-order valence-corrected chi connectivity index (χ2v) is 22.1. The van der Waals surface area contributed by atoms with Gasteiger partial charge in [0.15, 0.2) is 33.6 Å². The van der Waals surface area contributed by atoms with Crippen molar-refractivity contribution in [3.63, 3.8) is 0 Å². The molecule has 0 amide bonds. The minimum Gasteiger partial charge on any atom is -0.400 e. The molecular formula is C66H50N18OS+4. The first kappa shape index (κ1) is 37.9. The largest absolute Gasteiger partial charge is 0.400 e. The molecule has 1 aromatic carbocycles. The average Bonchev–Trinajstić information content (AvgIpc) is 1.55. The maximum Gasteiger partial charge on any atom is 0.341 e. The number of nitrogens with zero attached hydrogens (tertiary/aromatic N) is 18. The smallest absolute Gasteiger partial charge is 0.341 e. The van der Waals surface area contributed by atoms with Crippen molar-refractivity contribution in [3.8, 4) is 51.8 Å². The van der Waals surface area contributed by atoms with E-state index in [1.165, 1.54) is 29.6 Å². The molecule has 16 aromatic heterocycles. The number of benzene rings is 1. The van der Waals surface area contributed by atoms with Crippen LogP contribution in [0.1, 0.15) is 38.7 Å². The van der Waals surface area contributed by atoms with Gasteiger partial charge in [0.2, 0.25) is 21.7 Å². The lowest BCUT2D eigenvalue weighted by atomic mass is 10.2. The molecule has 0 saturated carbocycles. The molecule has 17 aromatic rings. The zero-order valence-electron chi connectivity index (χ0n) is 57.0. The third-order valence-corrected chi connectivity index (χ3v) is 17.7. The van der Waals surface area contributed by atoms with E-state index in [4.69, 9.17) is 20.9 Å². The quantitative estimate of drug-likeness (QED) is 0.146. The lowest BCUT2D eigenvalue weighted by Crippen LogP contribution is -2.33. The molecular weight excluding hydrogens is 1090 g/mol. The summed E-state index contributed by atoms with van der Waals surface area (Å²) in [5.74, 6) is 2.46. The van der Waals surface area contributed by atoms with Crippen LogP contribution in [0.3, 0.4) is 0 Å². The minimum absolute atomic E-state index is 0.440.